The molecule has 1 N–H and O–H groups in total. The van der Waals surface area contributed by atoms with Gasteiger partial charge in [0, 0.05) is 31.4 Å². The molecule has 0 spiro atoms. The number of nitrogens with one attached hydrogen (secondary N) is 1. The number of benzene rings is 2. The minimum atomic E-state index is -3.91. The van der Waals surface area contributed by atoms with Crippen molar-refractivity contribution < 1.29 is 22.4 Å². The van der Waals surface area contributed by atoms with E-state index in [9.17, 15) is 22.4 Å². The fraction of sp³-hybridized carbons (Fsp3) is 0.333. The predicted octanol–water partition coefficient (Wildman–Crippen LogP) is 2.69. The molecule has 3 rings (SSSR count). The third-order valence-electron chi connectivity index (χ3n) is 5.14. The standard InChI is InChI=1S/C21H24FN3O4S/c1-13-9-17(22)5-7-19(13)23-21(27)12-24(4)30(28,29)18-6-8-20-16(11-18)10-14(2)25(20)15(3)26/h5-9,11,14H,10,12H2,1-4H3,(H,23,27)/t14-/m0/s1. The van der Waals surface area contributed by atoms with Crippen LogP contribution in [0.5, 0.6) is 0 Å². The van der Waals surface area contributed by atoms with E-state index in [2.05, 4.69) is 5.32 Å². The molecule has 2 amide bonds. The molecule has 0 unspecified atom stereocenters. The Bertz CT molecular complexity index is 1120. The van der Waals surface area contributed by atoms with Crippen LogP contribution >= 0.6 is 0 Å². The molecule has 0 fully saturated rings. The molecule has 1 aliphatic rings. The van der Waals surface area contributed by atoms with Gasteiger partial charge < -0.3 is 10.2 Å². The first-order chi connectivity index (χ1) is 14.0. The third-order valence-corrected chi connectivity index (χ3v) is 6.94. The summed E-state index contributed by atoms with van der Waals surface area (Å²) in [6.07, 6.45) is 0.562. The average molecular weight is 434 g/mol. The largest absolute Gasteiger partial charge is 0.325 e. The van der Waals surface area contributed by atoms with Crippen LogP contribution < -0.4 is 10.2 Å². The summed E-state index contributed by atoms with van der Waals surface area (Å²) in [6.45, 7) is 4.64. The van der Waals surface area contributed by atoms with Gasteiger partial charge in [-0.1, -0.05) is 0 Å². The fourth-order valence-electron chi connectivity index (χ4n) is 3.67. The van der Waals surface area contributed by atoms with Gasteiger partial charge in [-0.2, -0.15) is 4.31 Å². The highest BCUT2D eigenvalue weighted by atomic mass is 32.2. The first-order valence-corrected chi connectivity index (χ1v) is 10.9. The molecule has 1 aliphatic heterocycles. The number of amides is 2. The third kappa shape index (κ3) is 4.22. The fourth-order valence-corrected chi connectivity index (χ4v) is 4.85. The molecule has 1 atom stereocenters. The summed E-state index contributed by atoms with van der Waals surface area (Å²) in [5.74, 6) is -1.05. The summed E-state index contributed by atoms with van der Waals surface area (Å²) in [7, 11) is -2.59. The number of halogens is 1. The van der Waals surface area contributed by atoms with Crippen molar-refractivity contribution in [1.29, 1.82) is 0 Å². The molecule has 0 radical (unpaired) electrons. The highest BCUT2D eigenvalue weighted by Gasteiger charge is 2.31. The number of nitrogens with zero attached hydrogens (tertiary/aromatic N) is 2. The molecule has 2 aromatic rings. The first-order valence-electron chi connectivity index (χ1n) is 9.45. The van der Waals surface area contributed by atoms with Gasteiger partial charge in [-0.25, -0.2) is 12.8 Å². The zero-order valence-corrected chi connectivity index (χ0v) is 18.1. The zero-order chi connectivity index (χ0) is 22.2. The van der Waals surface area contributed by atoms with E-state index in [1.807, 2.05) is 6.92 Å². The van der Waals surface area contributed by atoms with Crippen molar-refractivity contribution in [3.8, 4) is 0 Å². The molecule has 1 heterocycles. The molecule has 9 heteroatoms. The first kappa shape index (κ1) is 21.9. The predicted molar refractivity (Wildman–Crippen MR) is 112 cm³/mol. The van der Waals surface area contributed by atoms with Gasteiger partial charge in [0.2, 0.25) is 21.8 Å². The van der Waals surface area contributed by atoms with Crippen molar-refractivity contribution in [3.05, 3.63) is 53.3 Å². The van der Waals surface area contributed by atoms with Crippen LogP contribution in [0.4, 0.5) is 15.8 Å². The van der Waals surface area contributed by atoms with Crippen molar-refractivity contribution >= 4 is 33.2 Å². The molecule has 0 saturated carbocycles. The summed E-state index contributed by atoms with van der Waals surface area (Å²) in [6, 6.07) is 8.52. The Morgan fingerprint density at radius 3 is 2.57 bits per heavy atom. The van der Waals surface area contributed by atoms with Gasteiger partial charge in [0.15, 0.2) is 0 Å². The minimum absolute atomic E-state index is 0.0436. The highest BCUT2D eigenvalue weighted by Crippen LogP contribution is 2.34. The average Bonchev–Trinajstić information content (AvgIpc) is 2.98. The van der Waals surface area contributed by atoms with E-state index in [-0.39, 0.29) is 16.8 Å². The van der Waals surface area contributed by atoms with E-state index in [0.717, 1.165) is 9.87 Å². The van der Waals surface area contributed by atoms with Crippen molar-refractivity contribution in [2.45, 2.75) is 38.1 Å². The number of aryl methyl sites for hydroxylation is 1. The van der Waals surface area contributed by atoms with E-state index in [4.69, 9.17) is 0 Å². The van der Waals surface area contributed by atoms with E-state index >= 15 is 0 Å². The Morgan fingerprint density at radius 2 is 1.93 bits per heavy atom. The number of hydrogen-bond donors (Lipinski definition) is 1. The quantitative estimate of drug-likeness (QED) is 0.786. The number of anilines is 2. The summed E-state index contributed by atoms with van der Waals surface area (Å²) in [4.78, 5) is 25.9. The van der Waals surface area contributed by atoms with Gasteiger partial charge in [0.05, 0.1) is 11.4 Å². The van der Waals surface area contributed by atoms with E-state index < -0.39 is 28.3 Å². The number of carbonyl (C=O) groups excluding carboxylic acids is 2. The summed E-state index contributed by atoms with van der Waals surface area (Å²) in [5.41, 5.74) is 2.44. The lowest BCUT2D eigenvalue weighted by Gasteiger charge is -2.21. The topological polar surface area (TPSA) is 86.8 Å². The maximum absolute atomic E-state index is 13.2. The molecule has 0 saturated heterocycles. The number of likely N-dealkylation sites (N-methyl/N-ethyl adjacent to an activating group) is 1. The number of fused-ring (bicyclic) bond motifs is 1. The molecule has 0 bridgehead atoms. The van der Waals surface area contributed by atoms with Crippen LogP contribution in [0.3, 0.4) is 0 Å². The van der Waals surface area contributed by atoms with Crippen molar-refractivity contribution in [2.24, 2.45) is 0 Å². The molecule has 160 valence electrons. The van der Waals surface area contributed by atoms with Crippen LogP contribution in [0.2, 0.25) is 0 Å². The van der Waals surface area contributed by atoms with Gasteiger partial charge in [-0.15, -0.1) is 0 Å². The number of rotatable bonds is 5. The monoisotopic (exact) mass is 433 g/mol. The van der Waals surface area contributed by atoms with Crippen LogP contribution in [0.15, 0.2) is 41.3 Å². The molecular formula is C21H24FN3O4S. The number of hydrogen-bond acceptors (Lipinski definition) is 4. The van der Waals surface area contributed by atoms with Gasteiger partial charge in [0.1, 0.15) is 5.82 Å². The molecule has 2 aromatic carbocycles. The molecule has 0 aromatic heterocycles. The van der Waals surface area contributed by atoms with Crippen molar-refractivity contribution in [1.82, 2.24) is 4.31 Å². The summed E-state index contributed by atoms with van der Waals surface area (Å²) in [5, 5.41) is 2.60. The Kier molecular flexibility index (Phi) is 5.96. The van der Waals surface area contributed by atoms with Gasteiger partial charge in [-0.05, 0) is 67.8 Å². The molecular weight excluding hydrogens is 409 g/mol. The molecule has 30 heavy (non-hydrogen) atoms. The maximum Gasteiger partial charge on any atom is 0.243 e. The Hall–Kier alpha value is -2.78. The van der Waals surface area contributed by atoms with Crippen LogP contribution in [0, 0.1) is 12.7 Å². The number of sulfonamides is 1. The molecule has 7 nitrogen and oxygen atoms in total. The van der Waals surface area contributed by atoms with Crippen LogP contribution in [-0.4, -0.2) is 44.2 Å². The van der Waals surface area contributed by atoms with Gasteiger partial charge in [-0.3, -0.25) is 9.59 Å². The van der Waals surface area contributed by atoms with Crippen LogP contribution in [0.1, 0.15) is 25.0 Å². The Morgan fingerprint density at radius 1 is 1.23 bits per heavy atom. The lowest BCUT2D eigenvalue weighted by molar-refractivity contribution is -0.117. The number of carbonyl (C=O) groups is 2. The van der Waals surface area contributed by atoms with E-state index in [1.54, 1.807) is 24.0 Å². The normalized spacial score (nSPS) is 15.9. The SMILES string of the molecule is CC(=O)N1c2ccc(S(=O)(=O)N(C)CC(=O)Nc3ccc(F)cc3C)cc2C[C@@H]1C. The second-order valence-corrected chi connectivity index (χ2v) is 9.55. The second kappa shape index (κ2) is 8.16. The van der Waals surface area contributed by atoms with Gasteiger partial charge in [0.25, 0.3) is 0 Å². The summed E-state index contributed by atoms with van der Waals surface area (Å²) < 4.78 is 40.1. The smallest absolute Gasteiger partial charge is 0.243 e. The summed E-state index contributed by atoms with van der Waals surface area (Å²) >= 11 is 0. The highest BCUT2D eigenvalue weighted by molar-refractivity contribution is 7.89. The van der Waals surface area contributed by atoms with Gasteiger partial charge >= 0.3 is 0 Å². The zero-order valence-electron chi connectivity index (χ0n) is 17.3. The van der Waals surface area contributed by atoms with Crippen molar-refractivity contribution in [2.75, 3.05) is 23.8 Å². The lowest BCUT2D eigenvalue weighted by atomic mass is 10.1. The van der Waals surface area contributed by atoms with E-state index in [0.29, 0.717) is 23.4 Å². The van der Waals surface area contributed by atoms with Crippen molar-refractivity contribution in [3.63, 3.8) is 0 Å². The Balaban J connectivity index is 1.76. The Labute approximate surface area is 175 Å². The minimum Gasteiger partial charge on any atom is -0.325 e. The van der Waals surface area contributed by atoms with E-state index in [1.165, 1.54) is 38.2 Å². The lowest BCUT2D eigenvalue weighted by Crippen LogP contribution is -2.35. The second-order valence-electron chi connectivity index (χ2n) is 7.50. The molecule has 0 aliphatic carbocycles. The van der Waals surface area contributed by atoms with Crippen LogP contribution in [0.25, 0.3) is 0 Å². The maximum atomic E-state index is 13.2. The van der Waals surface area contributed by atoms with Crippen LogP contribution in [-0.2, 0) is 26.0 Å².